The monoisotopic (exact) mass is 265 g/mol. The Kier molecular flexibility index (Phi) is 4.30. The fraction of sp³-hybridized carbons (Fsp3) is 0.500. The molecule has 0 fully saturated rings. The van der Waals surface area contributed by atoms with E-state index in [9.17, 15) is 4.79 Å². The second kappa shape index (κ2) is 5.76. The highest BCUT2D eigenvalue weighted by Crippen LogP contribution is 2.39. The number of hydrogen-bond donors (Lipinski definition) is 2. The van der Waals surface area contributed by atoms with Gasteiger partial charge in [0.2, 0.25) is 5.91 Å². The summed E-state index contributed by atoms with van der Waals surface area (Å²) in [6.07, 6.45) is 0. The molecular weight excluding hydrogens is 246 g/mol. The lowest BCUT2D eigenvalue weighted by molar-refractivity contribution is -0.123. The van der Waals surface area contributed by atoms with Crippen molar-refractivity contribution in [2.45, 2.75) is 30.7 Å². The molecule has 1 aromatic carbocycles. The van der Waals surface area contributed by atoms with E-state index in [-0.39, 0.29) is 30.4 Å². The summed E-state index contributed by atoms with van der Waals surface area (Å²) in [6.45, 7) is 3.96. The Hall–Kier alpha value is -1.00. The van der Waals surface area contributed by atoms with Crippen LogP contribution >= 0.6 is 11.8 Å². The molecule has 1 aromatic rings. The maximum absolute atomic E-state index is 12.2. The first-order chi connectivity index (χ1) is 8.63. The Bertz CT molecular complexity index is 436. The van der Waals surface area contributed by atoms with E-state index in [0.717, 1.165) is 11.3 Å². The minimum absolute atomic E-state index is 0.000243. The van der Waals surface area contributed by atoms with E-state index in [0.29, 0.717) is 0 Å². The summed E-state index contributed by atoms with van der Waals surface area (Å²) in [5, 5.41) is 12.1. The van der Waals surface area contributed by atoms with Gasteiger partial charge in [0.25, 0.3) is 0 Å². The molecule has 2 N–H and O–H groups in total. The normalized spacial score (nSPS) is 21.2. The quantitative estimate of drug-likeness (QED) is 0.875. The van der Waals surface area contributed by atoms with E-state index >= 15 is 0 Å². The van der Waals surface area contributed by atoms with E-state index < -0.39 is 0 Å². The van der Waals surface area contributed by atoms with Crippen molar-refractivity contribution in [2.75, 3.05) is 12.4 Å². The van der Waals surface area contributed by atoms with E-state index in [1.54, 1.807) is 11.8 Å². The van der Waals surface area contributed by atoms with Crippen LogP contribution in [0.3, 0.4) is 0 Å². The number of carbonyl (C=O) groups is 1. The van der Waals surface area contributed by atoms with E-state index in [2.05, 4.69) is 11.4 Å². The molecule has 0 radical (unpaired) electrons. The number of benzene rings is 1. The zero-order valence-corrected chi connectivity index (χ0v) is 11.5. The lowest BCUT2D eigenvalue weighted by Crippen LogP contribution is -2.41. The van der Waals surface area contributed by atoms with Crippen LogP contribution in [0.4, 0.5) is 0 Å². The van der Waals surface area contributed by atoms with Crippen LogP contribution in [0, 0.1) is 5.92 Å². The van der Waals surface area contributed by atoms with Crippen LogP contribution in [0.5, 0.6) is 0 Å². The Labute approximate surface area is 112 Å². The van der Waals surface area contributed by atoms with Gasteiger partial charge in [0.1, 0.15) is 0 Å². The van der Waals surface area contributed by atoms with Crippen molar-refractivity contribution in [3.05, 3.63) is 29.8 Å². The number of thioether (sulfide) groups is 1. The second-order valence-corrected chi connectivity index (χ2v) is 5.92. The average Bonchev–Trinajstić information content (AvgIpc) is 2.81. The van der Waals surface area contributed by atoms with Crippen LogP contribution in [0.25, 0.3) is 0 Å². The van der Waals surface area contributed by atoms with Gasteiger partial charge < -0.3 is 10.4 Å². The first-order valence-corrected chi connectivity index (χ1v) is 7.25. The molecule has 0 aliphatic carbocycles. The first kappa shape index (κ1) is 13.4. The molecule has 0 spiro atoms. The molecule has 3 unspecified atom stereocenters. The molecule has 2 rings (SSSR count). The zero-order valence-electron chi connectivity index (χ0n) is 10.7. The number of carbonyl (C=O) groups excluding carboxylic acids is 1. The third kappa shape index (κ3) is 2.70. The SMILES string of the molecule is CC(CO)C(C)NC(=O)C1CSc2ccccc21. The van der Waals surface area contributed by atoms with Crippen molar-refractivity contribution < 1.29 is 9.90 Å². The smallest absolute Gasteiger partial charge is 0.228 e. The van der Waals surface area contributed by atoms with Gasteiger partial charge in [-0.3, -0.25) is 4.79 Å². The fourth-order valence-electron chi connectivity index (χ4n) is 2.01. The summed E-state index contributed by atoms with van der Waals surface area (Å²) >= 11 is 1.74. The van der Waals surface area contributed by atoms with Crippen molar-refractivity contribution >= 4 is 17.7 Å². The molecule has 18 heavy (non-hydrogen) atoms. The van der Waals surface area contributed by atoms with Gasteiger partial charge in [-0.1, -0.05) is 25.1 Å². The maximum atomic E-state index is 12.2. The summed E-state index contributed by atoms with van der Waals surface area (Å²) in [7, 11) is 0. The summed E-state index contributed by atoms with van der Waals surface area (Å²) in [6, 6.07) is 8.07. The number of aliphatic hydroxyl groups is 1. The van der Waals surface area contributed by atoms with Crippen LogP contribution in [0.2, 0.25) is 0 Å². The molecular formula is C14H19NO2S. The van der Waals surface area contributed by atoms with Gasteiger partial charge in [0.15, 0.2) is 0 Å². The Balaban J connectivity index is 2.03. The van der Waals surface area contributed by atoms with Gasteiger partial charge in [-0.05, 0) is 24.5 Å². The number of fused-ring (bicyclic) bond motifs is 1. The third-order valence-electron chi connectivity index (χ3n) is 3.53. The van der Waals surface area contributed by atoms with Crippen molar-refractivity contribution in [1.29, 1.82) is 0 Å². The number of aliphatic hydroxyl groups excluding tert-OH is 1. The minimum atomic E-state index is -0.0560. The summed E-state index contributed by atoms with van der Waals surface area (Å²) in [4.78, 5) is 13.4. The van der Waals surface area contributed by atoms with Gasteiger partial charge >= 0.3 is 0 Å². The highest BCUT2D eigenvalue weighted by Gasteiger charge is 2.30. The molecule has 0 aromatic heterocycles. The molecule has 0 saturated heterocycles. The number of hydrogen-bond acceptors (Lipinski definition) is 3. The Morgan fingerprint density at radius 2 is 2.22 bits per heavy atom. The topological polar surface area (TPSA) is 49.3 Å². The van der Waals surface area contributed by atoms with Crippen LogP contribution in [0.15, 0.2) is 29.2 Å². The fourth-order valence-corrected chi connectivity index (χ4v) is 3.23. The van der Waals surface area contributed by atoms with Crippen molar-refractivity contribution in [3.8, 4) is 0 Å². The standard InChI is InChI=1S/C14H19NO2S/c1-9(7-16)10(2)15-14(17)12-8-18-13-6-4-3-5-11(12)13/h3-6,9-10,12,16H,7-8H2,1-2H3,(H,15,17). The van der Waals surface area contributed by atoms with Crippen LogP contribution in [0.1, 0.15) is 25.3 Å². The molecule has 98 valence electrons. The summed E-state index contributed by atoms with van der Waals surface area (Å²) in [5.74, 6) is 0.906. The van der Waals surface area contributed by atoms with Gasteiger partial charge in [-0.15, -0.1) is 11.8 Å². The van der Waals surface area contributed by atoms with Crippen molar-refractivity contribution in [3.63, 3.8) is 0 Å². The van der Waals surface area contributed by atoms with E-state index in [1.165, 1.54) is 4.90 Å². The van der Waals surface area contributed by atoms with Crippen LogP contribution in [-0.2, 0) is 4.79 Å². The molecule has 0 saturated carbocycles. The number of amides is 1. The lowest BCUT2D eigenvalue weighted by atomic mass is 9.98. The maximum Gasteiger partial charge on any atom is 0.228 e. The number of rotatable bonds is 4. The van der Waals surface area contributed by atoms with Crippen molar-refractivity contribution in [2.24, 2.45) is 5.92 Å². The van der Waals surface area contributed by atoms with Gasteiger partial charge in [-0.2, -0.15) is 0 Å². The molecule has 0 bridgehead atoms. The second-order valence-electron chi connectivity index (χ2n) is 4.86. The Morgan fingerprint density at radius 1 is 1.50 bits per heavy atom. The first-order valence-electron chi connectivity index (χ1n) is 6.26. The predicted octanol–water partition coefficient (Wildman–Crippen LogP) is 2.01. The minimum Gasteiger partial charge on any atom is -0.396 e. The molecule has 4 heteroatoms. The zero-order chi connectivity index (χ0) is 13.1. The molecule has 3 nitrogen and oxygen atoms in total. The highest BCUT2D eigenvalue weighted by molar-refractivity contribution is 7.99. The lowest BCUT2D eigenvalue weighted by Gasteiger charge is -2.21. The van der Waals surface area contributed by atoms with Crippen LogP contribution in [-0.4, -0.2) is 29.4 Å². The molecule has 1 aliphatic rings. The van der Waals surface area contributed by atoms with E-state index in [4.69, 9.17) is 5.11 Å². The third-order valence-corrected chi connectivity index (χ3v) is 4.71. The van der Waals surface area contributed by atoms with Gasteiger partial charge in [-0.25, -0.2) is 0 Å². The van der Waals surface area contributed by atoms with E-state index in [1.807, 2.05) is 32.0 Å². The molecule has 3 atom stereocenters. The van der Waals surface area contributed by atoms with Crippen LogP contribution < -0.4 is 5.32 Å². The van der Waals surface area contributed by atoms with Gasteiger partial charge in [0.05, 0.1) is 5.92 Å². The highest BCUT2D eigenvalue weighted by atomic mass is 32.2. The number of nitrogens with one attached hydrogen (secondary N) is 1. The van der Waals surface area contributed by atoms with Crippen molar-refractivity contribution in [1.82, 2.24) is 5.32 Å². The molecule has 1 amide bonds. The molecule has 1 aliphatic heterocycles. The largest absolute Gasteiger partial charge is 0.396 e. The average molecular weight is 265 g/mol. The predicted molar refractivity (Wildman–Crippen MR) is 73.8 cm³/mol. The molecule has 1 heterocycles. The Morgan fingerprint density at radius 3 is 2.94 bits per heavy atom. The summed E-state index contributed by atoms with van der Waals surface area (Å²) < 4.78 is 0. The van der Waals surface area contributed by atoms with Gasteiger partial charge in [0, 0.05) is 23.3 Å². The summed E-state index contributed by atoms with van der Waals surface area (Å²) in [5.41, 5.74) is 1.13.